The monoisotopic (exact) mass is 288 g/mol. The lowest BCUT2D eigenvalue weighted by molar-refractivity contribution is -0.00310. The minimum absolute atomic E-state index is 0.218. The van der Waals surface area contributed by atoms with Gasteiger partial charge in [-0.25, -0.2) is 4.98 Å². The molecule has 1 N–H and O–H groups in total. The summed E-state index contributed by atoms with van der Waals surface area (Å²) in [4.78, 5) is 4.28. The lowest BCUT2D eigenvalue weighted by Crippen LogP contribution is -2.49. The van der Waals surface area contributed by atoms with Gasteiger partial charge in [-0.3, -0.25) is 0 Å². The van der Waals surface area contributed by atoms with E-state index in [1.165, 1.54) is 0 Å². The molecule has 0 saturated carbocycles. The Morgan fingerprint density at radius 3 is 2.83 bits per heavy atom. The quantitative estimate of drug-likeness (QED) is 0.781. The number of halogens is 1. The summed E-state index contributed by atoms with van der Waals surface area (Å²) in [5.74, 6) is 0.866. The first-order valence-corrected chi connectivity index (χ1v) is 7.39. The summed E-state index contributed by atoms with van der Waals surface area (Å²) < 4.78 is 5.54. The highest BCUT2D eigenvalue weighted by Crippen LogP contribution is 2.27. The van der Waals surface area contributed by atoms with E-state index in [9.17, 15) is 0 Å². The number of aromatic nitrogens is 1. The van der Waals surface area contributed by atoms with Crippen molar-refractivity contribution >= 4 is 23.4 Å². The Morgan fingerprint density at radius 1 is 1.56 bits per heavy atom. The zero-order valence-electron chi connectivity index (χ0n) is 11.4. The van der Waals surface area contributed by atoms with Crippen LogP contribution in [-0.2, 0) is 4.74 Å². The van der Waals surface area contributed by atoms with Crippen molar-refractivity contribution in [2.75, 3.05) is 19.4 Å². The molecular weight excluding hydrogens is 268 g/mol. The first-order valence-electron chi connectivity index (χ1n) is 6.03. The fraction of sp³-hybridized carbons (Fsp3) is 0.615. The van der Waals surface area contributed by atoms with Gasteiger partial charge in [0.1, 0.15) is 5.03 Å². The highest BCUT2D eigenvalue weighted by Gasteiger charge is 2.28. The molecule has 0 aliphatic carbocycles. The molecule has 0 amide bonds. The van der Waals surface area contributed by atoms with Gasteiger partial charge in [0, 0.05) is 25.1 Å². The minimum atomic E-state index is -0.218. The SMILES string of the molecule is CCNC(CSc1ncccc1Cl)C(C)(C)OC. The van der Waals surface area contributed by atoms with Gasteiger partial charge in [-0.1, -0.05) is 18.5 Å². The van der Waals surface area contributed by atoms with Crippen molar-refractivity contribution in [2.45, 2.75) is 37.4 Å². The molecule has 1 rings (SSSR count). The molecule has 0 saturated heterocycles. The summed E-state index contributed by atoms with van der Waals surface area (Å²) in [6, 6.07) is 3.95. The fourth-order valence-corrected chi connectivity index (χ4v) is 3.00. The predicted molar refractivity (Wildman–Crippen MR) is 78.5 cm³/mol. The summed E-state index contributed by atoms with van der Waals surface area (Å²) in [5.41, 5.74) is -0.218. The maximum absolute atomic E-state index is 6.10. The molecule has 1 atom stereocenters. The Balaban J connectivity index is 2.66. The number of nitrogens with zero attached hydrogens (tertiary/aromatic N) is 1. The van der Waals surface area contributed by atoms with Crippen molar-refractivity contribution < 1.29 is 4.74 Å². The van der Waals surface area contributed by atoms with Crippen molar-refractivity contribution in [1.82, 2.24) is 10.3 Å². The molecule has 0 radical (unpaired) electrons. The Bertz CT molecular complexity index is 374. The van der Waals surface area contributed by atoms with Crippen LogP contribution in [-0.4, -0.2) is 36.0 Å². The molecule has 3 nitrogen and oxygen atoms in total. The highest BCUT2D eigenvalue weighted by atomic mass is 35.5. The fourth-order valence-electron chi connectivity index (χ4n) is 1.53. The largest absolute Gasteiger partial charge is 0.377 e. The van der Waals surface area contributed by atoms with E-state index in [0.717, 1.165) is 17.3 Å². The lowest BCUT2D eigenvalue weighted by atomic mass is 10.0. The summed E-state index contributed by atoms with van der Waals surface area (Å²) in [7, 11) is 1.74. The number of pyridine rings is 1. The molecule has 18 heavy (non-hydrogen) atoms. The lowest BCUT2D eigenvalue weighted by Gasteiger charge is -2.33. The summed E-state index contributed by atoms with van der Waals surface area (Å²) in [6.07, 6.45) is 1.76. The average Bonchev–Trinajstić information content (AvgIpc) is 2.36. The van der Waals surface area contributed by atoms with E-state index < -0.39 is 0 Å². The van der Waals surface area contributed by atoms with Crippen LogP contribution in [0.2, 0.25) is 5.02 Å². The molecule has 1 aromatic rings. The average molecular weight is 289 g/mol. The number of hydrogen-bond donors (Lipinski definition) is 1. The first kappa shape index (κ1) is 15.8. The summed E-state index contributed by atoms with van der Waals surface area (Å²) in [6.45, 7) is 7.17. The second kappa shape index (κ2) is 7.34. The molecule has 0 aromatic carbocycles. The van der Waals surface area contributed by atoms with Crippen LogP contribution in [0.5, 0.6) is 0 Å². The molecule has 1 heterocycles. The second-order valence-electron chi connectivity index (χ2n) is 4.52. The van der Waals surface area contributed by atoms with E-state index in [4.69, 9.17) is 16.3 Å². The van der Waals surface area contributed by atoms with E-state index in [0.29, 0.717) is 5.02 Å². The van der Waals surface area contributed by atoms with Gasteiger partial charge >= 0.3 is 0 Å². The normalized spacial score (nSPS) is 13.6. The molecule has 5 heteroatoms. The third-order valence-corrected chi connectivity index (χ3v) is 4.44. The Morgan fingerprint density at radius 2 is 2.28 bits per heavy atom. The number of thioether (sulfide) groups is 1. The van der Waals surface area contributed by atoms with Gasteiger partial charge in [0.15, 0.2) is 0 Å². The van der Waals surface area contributed by atoms with Crippen LogP contribution >= 0.6 is 23.4 Å². The summed E-state index contributed by atoms with van der Waals surface area (Å²) >= 11 is 7.75. The van der Waals surface area contributed by atoms with Crippen LogP contribution in [0.15, 0.2) is 23.4 Å². The molecule has 0 fully saturated rings. The van der Waals surface area contributed by atoms with Gasteiger partial charge < -0.3 is 10.1 Å². The van der Waals surface area contributed by atoms with Gasteiger partial charge in [0.2, 0.25) is 0 Å². The Labute approximate surface area is 119 Å². The van der Waals surface area contributed by atoms with Gasteiger partial charge in [0.05, 0.1) is 10.6 Å². The molecular formula is C13H21ClN2OS. The molecule has 0 aliphatic heterocycles. The molecule has 1 unspecified atom stereocenters. The number of rotatable bonds is 7. The Kier molecular flexibility index (Phi) is 6.43. The van der Waals surface area contributed by atoms with E-state index >= 15 is 0 Å². The third-order valence-electron chi connectivity index (χ3n) is 2.93. The van der Waals surface area contributed by atoms with Crippen molar-refractivity contribution in [3.05, 3.63) is 23.4 Å². The maximum Gasteiger partial charge on any atom is 0.115 e. The molecule has 0 aliphatic rings. The van der Waals surface area contributed by atoms with Crippen molar-refractivity contribution in [3.8, 4) is 0 Å². The number of nitrogens with one attached hydrogen (secondary N) is 1. The number of likely N-dealkylation sites (N-methyl/N-ethyl adjacent to an activating group) is 1. The van der Waals surface area contributed by atoms with E-state index in [1.807, 2.05) is 12.1 Å². The van der Waals surface area contributed by atoms with Gasteiger partial charge in [0.25, 0.3) is 0 Å². The van der Waals surface area contributed by atoms with Gasteiger partial charge in [-0.2, -0.15) is 0 Å². The van der Waals surface area contributed by atoms with Gasteiger partial charge in [-0.05, 0) is 32.5 Å². The molecule has 0 spiro atoms. The highest BCUT2D eigenvalue weighted by molar-refractivity contribution is 7.99. The zero-order chi connectivity index (χ0) is 13.6. The predicted octanol–water partition coefficient (Wildman–Crippen LogP) is 3.23. The second-order valence-corrected chi connectivity index (χ2v) is 5.94. The molecule has 102 valence electrons. The number of ether oxygens (including phenoxy) is 1. The minimum Gasteiger partial charge on any atom is -0.377 e. The van der Waals surface area contributed by atoms with E-state index in [1.54, 1.807) is 25.1 Å². The molecule has 0 bridgehead atoms. The van der Waals surface area contributed by atoms with Crippen LogP contribution < -0.4 is 5.32 Å². The molecule has 1 aromatic heterocycles. The zero-order valence-corrected chi connectivity index (χ0v) is 12.9. The van der Waals surface area contributed by atoms with Crippen LogP contribution in [0, 0.1) is 0 Å². The smallest absolute Gasteiger partial charge is 0.115 e. The van der Waals surface area contributed by atoms with E-state index in [-0.39, 0.29) is 11.6 Å². The van der Waals surface area contributed by atoms with Crippen molar-refractivity contribution in [1.29, 1.82) is 0 Å². The topological polar surface area (TPSA) is 34.2 Å². The standard InChI is InChI=1S/C13H21ClN2OS/c1-5-15-11(13(2,3)17-4)9-18-12-10(14)7-6-8-16-12/h6-8,11,15H,5,9H2,1-4H3. The van der Waals surface area contributed by atoms with Crippen LogP contribution in [0.3, 0.4) is 0 Å². The van der Waals surface area contributed by atoms with Crippen LogP contribution in [0.1, 0.15) is 20.8 Å². The van der Waals surface area contributed by atoms with Crippen LogP contribution in [0.4, 0.5) is 0 Å². The Hall–Kier alpha value is -0.290. The van der Waals surface area contributed by atoms with Gasteiger partial charge in [-0.15, -0.1) is 11.8 Å². The number of methoxy groups -OCH3 is 1. The van der Waals surface area contributed by atoms with E-state index in [2.05, 4.69) is 31.1 Å². The van der Waals surface area contributed by atoms with Crippen molar-refractivity contribution in [3.63, 3.8) is 0 Å². The van der Waals surface area contributed by atoms with Crippen LogP contribution in [0.25, 0.3) is 0 Å². The summed E-state index contributed by atoms with van der Waals surface area (Å²) in [5, 5.41) is 5.02. The first-order chi connectivity index (χ1) is 8.51. The maximum atomic E-state index is 6.10. The van der Waals surface area contributed by atoms with Crippen molar-refractivity contribution in [2.24, 2.45) is 0 Å². The number of hydrogen-bond acceptors (Lipinski definition) is 4. The third kappa shape index (κ3) is 4.43.